The highest BCUT2D eigenvalue weighted by atomic mass is 127. The van der Waals surface area contributed by atoms with E-state index < -0.39 is 5.92 Å². The third kappa shape index (κ3) is 3.13. The molecule has 0 spiro atoms. The molecule has 5 heteroatoms. The summed E-state index contributed by atoms with van der Waals surface area (Å²) in [5, 5.41) is 3.73. The van der Waals surface area contributed by atoms with Gasteiger partial charge in [0.15, 0.2) is 0 Å². The van der Waals surface area contributed by atoms with Crippen LogP contribution in [0.2, 0.25) is 0 Å². The second-order valence-electron chi connectivity index (χ2n) is 2.43. The Morgan fingerprint density at radius 1 is 1.73 bits per heavy atom. The molecule has 1 heterocycles. The Morgan fingerprint density at radius 3 is 2.73 bits per heavy atom. The fourth-order valence-electron chi connectivity index (χ4n) is 0.709. The smallest absolute Gasteiger partial charge is 0.264 e. The van der Waals surface area contributed by atoms with Crippen LogP contribution in [0.1, 0.15) is 6.92 Å². The molecule has 11 heavy (non-hydrogen) atoms. The summed E-state index contributed by atoms with van der Waals surface area (Å²) < 4.78 is 26.8. The highest BCUT2D eigenvalue weighted by Gasteiger charge is 2.21. The van der Waals surface area contributed by atoms with Gasteiger partial charge < -0.3 is 0 Å². The first-order chi connectivity index (χ1) is 4.97. The molecule has 0 amide bonds. The molecule has 0 aliphatic carbocycles. The Kier molecular flexibility index (Phi) is 2.46. The van der Waals surface area contributed by atoms with Gasteiger partial charge in [0.1, 0.15) is 6.54 Å². The minimum absolute atomic E-state index is 0.351. The van der Waals surface area contributed by atoms with Crippen molar-refractivity contribution in [3.05, 3.63) is 16.0 Å². The van der Waals surface area contributed by atoms with Crippen LogP contribution in [0, 0.1) is 3.57 Å². The third-order valence-electron chi connectivity index (χ3n) is 1.04. The molecule has 0 atom stereocenters. The van der Waals surface area contributed by atoms with E-state index in [0.29, 0.717) is 0 Å². The van der Waals surface area contributed by atoms with Crippen molar-refractivity contribution < 1.29 is 8.78 Å². The number of alkyl halides is 2. The van der Waals surface area contributed by atoms with Gasteiger partial charge in [-0.25, -0.2) is 8.78 Å². The number of hydrogen-bond donors (Lipinski definition) is 0. The molecule has 0 aromatic carbocycles. The third-order valence-corrected chi connectivity index (χ3v) is 1.60. The molecule has 0 radical (unpaired) electrons. The van der Waals surface area contributed by atoms with Crippen LogP contribution >= 0.6 is 22.6 Å². The highest BCUT2D eigenvalue weighted by Crippen LogP contribution is 2.14. The zero-order valence-corrected chi connectivity index (χ0v) is 8.05. The van der Waals surface area contributed by atoms with Gasteiger partial charge in [0.25, 0.3) is 5.92 Å². The standard InChI is InChI=1S/C6H7F2IN2/c1-6(7,8)4-11-3-5(9)2-10-11/h2-3H,4H2,1H3. The molecule has 0 N–H and O–H groups in total. The van der Waals surface area contributed by atoms with E-state index >= 15 is 0 Å². The fraction of sp³-hybridized carbons (Fsp3) is 0.500. The van der Waals surface area contributed by atoms with E-state index in [1.54, 1.807) is 12.4 Å². The summed E-state index contributed by atoms with van der Waals surface area (Å²) in [6.45, 7) is 0.525. The largest absolute Gasteiger partial charge is 0.266 e. The quantitative estimate of drug-likeness (QED) is 0.754. The fourth-order valence-corrected chi connectivity index (χ4v) is 1.16. The summed E-state index contributed by atoms with van der Waals surface area (Å²) >= 11 is 2.02. The van der Waals surface area contributed by atoms with E-state index in [1.165, 1.54) is 4.68 Å². The zero-order chi connectivity index (χ0) is 8.48. The normalized spacial score (nSPS) is 12.0. The maximum atomic E-state index is 12.4. The summed E-state index contributed by atoms with van der Waals surface area (Å²) in [6.07, 6.45) is 3.13. The van der Waals surface area contributed by atoms with E-state index in [1.807, 2.05) is 22.6 Å². The average Bonchev–Trinajstić information content (AvgIpc) is 2.10. The van der Waals surface area contributed by atoms with Crippen molar-refractivity contribution in [2.24, 2.45) is 0 Å². The summed E-state index contributed by atoms with van der Waals surface area (Å²) in [5.41, 5.74) is 0. The van der Waals surface area contributed by atoms with Crippen molar-refractivity contribution in [1.29, 1.82) is 0 Å². The Balaban J connectivity index is 2.65. The van der Waals surface area contributed by atoms with Gasteiger partial charge in [0.2, 0.25) is 0 Å². The molecule has 0 bridgehead atoms. The minimum Gasteiger partial charge on any atom is -0.266 e. The van der Waals surface area contributed by atoms with Crippen LogP contribution in [-0.4, -0.2) is 15.7 Å². The molecule has 62 valence electrons. The molecule has 0 aliphatic heterocycles. The summed E-state index contributed by atoms with van der Waals surface area (Å²) in [6, 6.07) is 0. The predicted molar refractivity (Wildman–Crippen MR) is 45.6 cm³/mol. The van der Waals surface area contributed by atoms with E-state index in [0.717, 1.165) is 10.5 Å². The second-order valence-corrected chi connectivity index (χ2v) is 3.67. The van der Waals surface area contributed by atoms with Gasteiger partial charge >= 0.3 is 0 Å². The summed E-state index contributed by atoms with van der Waals surface area (Å²) in [7, 11) is 0. The van der Waals surface area contributed by atoms with Crippen LogP contribution in [0.5, 0.6) is 0 Å². The molecule has 0 aliphatic rings. The Hall–Kier alpha value is -0.200. The van der Waals surface area contributed by atoms with Crippen molar-refractivity contribution >= 4 is 22.6 Å². The van der Waals surface area contributed by atoms with Gasteiger partial charge in [-0.3, -0.25) is 4.68 Å². The highest BCUT2D eigenvalue weighted by molar-refractivity contribution is 14.1. The van der Waals surface area contributed by atoms with Gasteiger partial charge in [-0.2, -0.15) is 5.10 Å². The lowest BCUT2D eigenvalue weighted by Crippen LogP contribution is -2.19. The zero-order valence-electron chi connectivity index (χ0n) is 5.89. The molecule has 1 rings (SSSR count). The van der Waals surface area contributed by atoms with E-state index in [-0.39, 0.29) is 6.54 Å². The second kappa shape index (κ2) is 3.04. The first kappa shape index (κ1) is 8.89. The van der Waals surface area contributed by atoms with Gasteiger partial charge in [-0.05, 0) is 22.6 Å². The van der Waals surface area contributed by atoms with Gasteiger partial charge in [-0.1, -0.05) is 0 Å². The number of hydrogen-bond acceptors (Lipinski definition) is 1. The Bertz CT molecular complexity index is 241. The van der Waals surface area contributed by atoms with Gasteiger partial charge in [0, 0.05) is 13.1 Å². The molecular weight excluding hydrogens is 265 g/mol. The maximum absolute atomic E-state index is 12.4. The first-order valence-electron chi connectivity index (χ1n) is 3.03. The first-order valence-corrected chi connectivity index (χ1v) is 4.11. The Morgan fingerprint density at radius 2 is 2.36 bits per heavy atom. The van der Waals surface area contributed by atoms with Gasteiger partial charge in [-0.15, -0.1) is 0 Å². The van der Waals surface area contributed by atoms with Crippen molar-refractivity contribution in [2.45, 2.75) is 19.4 Å². The minimum atomic E-state index is -2.69. The van der Waals surface area contributed by atoms with Crippen molar-refractivity contribution in [2.75, 3.05) is 0 Å². The topological polar surface area (TPSA) is 17.8 Å². The Labute approximate surface area is 76.7 Å². The van der Waals surface area contributed by atoms with Crippen LogP contribution in [-0.2, 0) is 6.54 Å². The number of halogens is 3. The van der Waals surface area contributed by atoms with Crippen molar-refractivity contribution in [3.8, 4) is 0 Å². The molecule has 0 saturated carbocycles. The van der Waals surface area contributed by atoms with Crippen LogP contribution < -0.4 is 0 Å². The number of aromatic nitrogens is 2. The molecule has 2 nitrogen and oxygen atoms in total. The molecule has 1 aromatic heterocycles. The lowest BCUT2D eigenvalue weighted by molar-refractivity contribution is 0.000574. The molecule has 1 aromatic rings. The average molecular weight is 272 g/mol. The molecule has 0 unspecified atom stereocenters. The number of nitrogens with zero attached hydrogens (tertiary/aromatic N) is 2. The van der Waals surface area contributed by atoms with Crippen LogP contribution in [0.25, 0.3) is 0 Å². The molecular formula is C6H7F2IN2. The van der Waals surface area contributed by atoms with E-state index in [4.69, 9.17) is 0 Å². The van der Waals surface area contributed by atoms with Crippen LogP contribution in [0.3, 0.4) is 0 Å². The van der Waals surface area contributed by atoms with E-state index in [2.05, 4.69) is 5.10 Å². The summed E-state index contributed by atoms with van der Waals surface area (Å²) in [4.78, 5) is 0. The van der Waals surface area contributed by atoms with Crippen molar-refractivity contribution in [3.63, 3.8) is 0 Å². The monoisotopic (exact) mass is 272 g/mol. The van der Waals surface area contributed by atoms with Crippen LogP contribution in [0.4, 0.5) is 8.78 Å². The maximum Gasteiger partial charge on any atom is 0.264 e. The van der Waals surface area contributed by atoms with Crippen LogP contribution in [0.15, 0.2) is 12.4 Å². The lowest BCUT2D eigenvalue weighted by atomic mass is 10.4. The van der Waals surface area contributed by atoms with Gasteiger partial charge in [0.05, 0.1) is 9.77 Å². The number of rotatable bonds is 2. The van der Waals surface area contributed by atoms with Crippen molar-refractivity contribution in [1.82, 2.24) is 9.78 Å². The lowest BCUT2D eigenvalue weighted by Gasteiger charge is -2.08. The molecule has 0 fully saturated rings. The van der Waals surface area contributed by atoms with E-state index in [9.17, 15) is 8.78 Å². The summed E-state index contributed by atoms with van der Waals surface area (Å²) in [5.74, 6) is -2.69. The molecule has 0 saturated heterocycles. The SMILES string of the molecule is CC(F)(F)Cn1cc(I)cn1. The predicted octanol–water partition coefficient (Wildman–Crippen LogP) is 2.14.